The maximum absolute atomic E-state index is 11.9. The Morgan fingerprint density at radius 3 is 2.56 bits per heavy atom. The number of nitrogens with zero attached hydrogens (tertiary/aromatic N) is 1. The van der Waals surface area contributed by atoms with Crippen molar-refractivity contribution in [1.29, 1.82) is 0 Å². The van der Waals surface area contributed by atoms with E-state index in [2.05, 4.69) is 0 Å². The Kier molecular flexibility index (Phi) is 2.52. The Labute approximate surface area is 93.5 Å². The van der Waals surface area contributed by atoms with E-state index in [0.717, 1.165) is 4.90 Å². The maximum atomic E-state index is 11.9. The second-order valence-corrected chi connectivity index (χ2v) is 4.13. The topological polar surface area (TPSA) is 57.6 Å². The molecule has 0 radical (unpaired) electrons. The third-order valence-electron chi connectivity index (χ3n) is 2.66. The van der Waals surface area contributed by atoms with Crippen LogP contribution in [0.5, 0.6) is 0 Å². The molecular weight excluding hydrogens is 206 g/mol. The van der Waals surface area contributed by atoms with Crippen LogP contribution in [0.4, 0.5) is 0 Å². The van der Waals surface area contributed by atoms with Gasteiger partial charge >= 0.3 is 0 Å². The molecule has 1 aliphatic heterocycles. The van der Waals surface area contributed by atoms with Gasteiger partial charge < -0.3 is 5.11 Å². The number of rotatable bonds is 1. The number of aliphatic hydroxyl groups is 1. The van der Waals surface area contributed by atoms with Crippen LogP contribution in [0.1, 0.15) is 36.0 Å². The zero-order valence-corrected chi connectivity index (χ0v) is 9.18. The molecule has 4 nitrogen and oxygen atoms in total. The predicted molar refractivity (Wildman–Crippen MR) is 57.4 cm³/mol. The molecule has 2 amide bonds. The lowest BCUT2D eigenvalue weighted by atomic mass is 10.1. The van der Waals surface area contributed by atoms with Gasteiger partial charge in [-0.2, -0.15) is 0 Å². The Bertz CT molecular complexity index is 453. The zero-order chi connectivity index (χ0) is 11.9. The van der Waals surface area contributed by atoms with Crippen molar-refractivity contribution >= 4 is 11.8 Å². The third kappa shape index (κ3) is 1.42. The molecule has 1 aliphatic rings. The van der Waals surface area contributed by atoms with Crippen LogP contribution in [0, 0.1) is 5.92 Å². The molecule has 0 spiro atoms. The number of carbonyl (C=O) groups is 2. The lowest BCUT2D eigenvalue weighted by molar-refractivity contribution is -0.139. The lowest BCUT2D eigenvalue weighted by Crippen LogP contribution is -2.37. The van der Waals surface area contributed by atoms with Crippen molar-refractivity contribution in [3.05, 3.63) is 35.4 Å². The van der Waals surface area contributed by atoms with E-state index in [0.29, 0.717) is 11.1 Å². The van der Waals surface area contributed by atoms with Crippen molar-refractivity contribution in [2.45, 2.75) is 20.1 Å². The van der Waals surface area contributed by atoms with Crippen molar-refractivity contribution in [1.82, 2.24) is 4.90 Å². The summed E-state index contributed by atoms with van der Waals surface area (Å²) in [5.74, 6) is -1.08. The molecule has 1 aromatic carbocycles. The van der Waals surface area contributed by atoms with Gasteiger partial charge in [0, 0.05) is 17.0 Å². The van der Waals surface area contributed by atoms with Gasteiger partial charge in [0.15, 0.2) is 6.23 Å². The SMILES string of the molecule is CC(C)C(=O)N1C(=O)c2ccccc2C1O. The van der Waals surface area contributed by atoms with Gasteiger partial charge in [0.2, 0.25) is 5.91 Å². The molecule has 0 fully saturated rings. The molecule has 0 aromatic heterocycles. The maximum Gasteiger partial charge on any atom is 0.263 e. The molecule has 1 atom stereocenters. The van der Waals surface area contributed by atoms with Gasteiger partial charge in [-0.3, -0.25) is 9.59 Å². The highest BCUT2D eigenvalue weighted by Gasteiger charge is 2.39. The number of aliphatic hydroxyl groups excluding tert-OH is 1. The summed E-state index contributed by atoms with van der Waals surface area (Å²) in [4.78, 5) is 24.6. The fraction of sp³-hybridized carbons (Fsp3) is 0.333. The van der Waals surface area contributed by atoms with Crippen molar-refractivity contribution in [3.8, 4) is 0 Å². The first-order valence-electron chi connectivity index (χ1n) is 5.18. The van der Waals surface area contributed by atoms with E-state index in [1.165, 1.54) is 0 Å². The number of imide groups is 1. The largest absolute Gasteiger partial charge is 0.369 e. The predicted octanol–water partition coefficient (Wildman–Crippen LogP) is 1.32. The standard InChI is InChI=1S/C12H13NO3/c1-7(2)10(14)13-11(15)8-5-3-4-6-9(8)12(13)16/h3-7,11,15H,1-2H3. The van der Waals surface area contributed by atoms with Gasteiger partial charge in [-0.15, -0.1) is 0 Å². The molecule has 1 unspecified atom stereocenters. The molecule has 1 heterocycles. The van der Waals surface area contributed by atoms with E-state index in [4.69, 9.17) is 0 Å². The van der Waals surface area contributed by atoms with Crippen LogP contribution in [-0.4, -0.2) is 21.8 Å². The van der Waals surface area contributed by atoms with Crippen molar-refractivity contribution in [2.75, 3.05) is 0 Å². The molecule has 4 heteroatoms. The molecule has 0 aliphatic carbocycles. The summed E-state index contributed by atoms with van der Waals surface area (Å²) in [6, 6.07) is 6.73. The average molecular weight is 219 g/mol. The fourth-order valence-electron chi connectivity index (χ4n) is 1.80. The summed E-state index contributed by atoms with van der Waals surface area (Å²) < 4.78 is 0. The minimum atomic E-state index is -1.14. The molecule has 84 valence electrons. The van der Waals surface area contributed by atoms with Crippen molar-refractivity contribution in [2.24, 2.45) is 5.92 Å². The van der Waals surface area contributed by atoms with E-state index < -0.39 is 12.1 Å². The molecule has 1 aromatic rings. The van der Waals surface area contributed by atoms with Crippen LogP contribution in [0.2, 0.25) is 0 Å². The zero-order valence-electron chi connectivity index (χ0n) is 9.18. The van der Waals surface area contributed by atoms with Crippen LogP contribution < -0.4 is 0 Å². The number of benzene rings is 1. The van der Waals surface area contributed by atoms with Gasteiger partial charge in [0.1, 0.15) is 0 Å². The van der Waals surface area contributed by atoms with Crippen molar-refractivity contribution in [3.63, 3.8) is 0 Å². The van der Waals surface area contributed by atoms with Crippen LogP contribution in [-0.2, 0) is 4.79 Å². The summed E-state index contributed by atoms with van der Waals surface area (Å²) in [5.41, 5.74) is 0.908. The molecule has 1 N–H and O–H groups in total. The van der Waals surface area contributed by atoms with E-state index in [9.17, 15) is 14.7 Å². The summed E-state index contributed by atoms with van der Waals surface area (Å²) >= 11 is 0. The molecular formula is C12H13NO3. The number of amides is 2. The summed E-state index contributed by atoms with van der Waals surface area (Å²) in [6.45, 7) is 3.40. The second kappa shape index (κ2) is 3.72. The Morgan fingerprint density at radius 1 is 1.38 bits per heavy atom. The molecule has 0 saturated heterocycles. The van der Waals surface area contributed by atoms with E-state index in [1.807, 2.05) is 0 Å². The summed E-state index contributed by atoms with van der Waals surface area (Å²) in [5, 5.41) is 9.92. The van der Waals surface area contributed by atoms with Gasteiger partial charge in [0.05, 0.1) is 0 Å². The van der Waals surface area contributed by atoms with E-state index in [1.54, 1.807) is 38.1 Å². The van der Waals surface area contributed by atoms with Crippen molar-refractivity contribution < 1.29 is 14.7 Å². The Morgan fingerprint density at radius 2 is 2.00 bits per heavy atom. The van der Waals surface area contributed by atoms with Gasteiger partial charge in [-0.25, -0.2) is 4.90 Å². The quantitative estimate of drug-likeness (QED) is 0.774. The minimum Gasteiger partial charge on any atom is -0.369 e. The second-order valence-electron chi connectivity index (χ2n) is 4.13. The van der Waals surface area contributed by atoms with Crippen LogP contribution in [0.3, 0.4) is 0 Å². The summed E-state index contributed by atoms with van der Waals surface area (Å²) in [6.07, 6.45) is -1.14. The fourth-order valence-corrected chi connectivity index (χ4v) is 1.80. The van der Waals surface area contributed by atoms with Gasteiger partial charge in [0.25, 0.3) is 5.91 Å². The van der Waals surface area contributed by atoms with Gasteiger partial charge in [-0.1, -0.05) is 32.0 Å². The monoisotopic (exact) mass is 219 g/mol. The normalized spacial score (nSPS) is 19.1. The first-order chi connectivity index (χ1) is 7.54. The summed E-state index contributed by atoms with van der Waals surface area (Å²) in [7, 11) is 0. The van der Waals surface area contributed by atoms with Crippen LogP contribution >= 0.6 is 0 Å². The van der Waals surface area contributed by atoms with E-state index >= 15 is 0 Å². The first kappa shape index (κ1) is 10.8. The minimum absolute atomic E-state index is 0.312. The third-order valence-corrected chi connectivity index (χ3v) is 2.66. The van der Waals surface area contributed by atoms with Crippen LogP contribution in [0.15, 0.2) is 24.3 Å². The molecule has 2 rings (SSSR count). The Balaban J connectivity index is 2.42. The average Bonchev–Trinajstić information content (AvgIpc) is 2.52. The highest BCUT2D eigenvalue weighted by atomic mass is 16.3. The smallest absolute Gasteiger partial charge is 0.263 e. The number of hydrogen-bond acceptors (Lipinski definition) is 3. The molecule has 0 bridgehead atoms. The number of fused-ring (bicyclic) bond motifs is 1. The molecule has 0 saturated carbocycles. The number of carbonyl (C=O) groups excluding carboxylic acids is 2. The highest BCUT2D eigenvalue weighted by Crippen LogP contribution is 2.32. The lowest BCUT2D eigenvalue weighted by Gasteiger charge is -2.20. The molecule has 16 heavy (non-hydrogen) atoms. The van der Waals surface area contributed by atoms with E-state index in [-0.39, 0.29) is 11.8 Å². The Hall–Kier alpha value is -1.68. The highest BCUT2D eigenvalue weighted by molar-refractivity contribution is 6.08. The van der Waals surface area contributed by atoms with Crippen LogP contribution in [0.25, 0.3) is 0 Å². The van der Waals surface area contributed by atoms with Gasteiger partial charge in [-0.05, 0) is 6.07 Å². The first-order valence-corrected chi connectivity index (χ1v) is 5.18. The number of hydrogen-bond donors (Lipinski definition) is 1.